The molecular formula is C24H20F3N3O3S. The van der Waals surface area contributed by atoms with Crippen molar-refractivity contribution in [2.45, 2.75) is 24.4 Å². The largest absolute Gasteiger partial charge is 0.396 e. The molecule has 5 rings (SSSR count). The molecule has 2 aliphatic rings. The Morgan fingerprint density at radius 1 is 1.15 bits per heavy atom. The summed E-state index contributed by atoms with van der Waals surface area (Å²) in [6.45, 7) is 0.894. The highest BCUT2D eigenvalue weighted by Gasteiger charge is 2.83. The predicted molar refractivity (Wildman–Crippen MR) is 119 cm³/mol. The van der Waals surface area contributed by atoms with Crippen molar-refractivity contribution in [3.8, 4) is 6.07 Å². The Morgan fingerprint density at radius 3 is 2.56 bits per heavy atom. The van der Waals surface area contributed by atoms with Crippen LogP contribution in [0.5, 0.6) is 0 Å². The van der Waals surface area contributed by atoms with Gasteiger partial charge in [0.25, 0.3) is 10.1 Å². The molecule has 0 bridgehead atoms. The summed E-state index contributed by atoms with van der Waals surface area (Å²) in [5, 5.41) is 9.93. The number of halogens is 3. The second kappa shape index (κ2) is 7.42. The maximum absolute atomic E-state index is 14.3. The highest BCUT2D eigenvalue weighted by Crippen LogP contribution is 2.75. The first-order valence-electron chi connectivity index (χ1n) is 10.6. The van der Waals surface area contributed by atoms with Gasteiger partial charge in [0.15, 0.2) is 0 Å². The summed E-state index contributed by atoms with van der Waals surface area (Å²) in [5.41, 5.74) is -1.32. The van der Waals surface area contributed by atoms with Gasteiger partial charge in [0.05, 0.1) is 28.0 Å². The van der Waals surface area contributed by atoms with Gasteiger partial charge in [-0.25, -0.2) is 0 Å². The van der Waals surface area contributed by atoms with Crippen LogP contribution < -0.4 is 4.90 Å². The smallest absolute Gasteiger partial charge is 0.369 e. The van der Waals surface area contributed by atoms with Crippen molar-refractivity contribution < 1.29 is 25.8 Å². The standard InChI is InChI=1S/C24H20F3N3O3S/c1-16-4-7-18(8-5-16)34(31,32)33-15-22-12-23(22,24(25,26)27)14-30(13-22)20-9-6-17(11-28)21-19(20)3-2-10-29-21/h2-10H,12-15H2,1H3. The molecule has 0 amide bonds. The molecule has 10 heteroatoms. The Hall–Kier alpha value is -3.16. The topological polar surface area (TPSA) is 83.3 Å². The fourth-order valence-electron chi connectivity index (χ4n) is 5.09. The molecule has 0 radical (unpaired) electrons. The van der Waals surface area contributed by atoms with E-state index in [1.807, 2.05) is 0 Å². The van der Waals surface area contributed by atoms with Crippen LogP contribution in [0, 0.1) is 29.1 Å². The molecule has 2 aromatic carbocycles. The minimum Gasteiger partial charge on any atom is -0.369 e. The van der Waals surface area contributed by atoms with Crippen LogP contribution >= 0.6 is 0 Å². The van der Waals surface area contributed by atoms with E-state index in [4.69, 9.17) is 4.18 Å². The molecule has 1 saturated heterocycles. The molecule has 0 N–H and O–H groups in total. The lowest BCUT2D eigenvalue weighted by Gasteiger charge is -2.25. The molecule has 1 aliphatic heterocycles. The highest BCUT2D eigenvalue weighted by atomic mass is 32.2. The number of hydrogen-bond acceptors (Lipinski definition) is 6. The van der Waals surface area contributed by atoms with Crippen molar-refractivity contribution in [1.29, 1.82) is 5.26 Å². The summed E-state index contributed by atoms with van der Waals surface area (Å²) in [5.74, 6) is 0. The zero-order valence-electron chi connectivity index (χ0n) is 18.1. The number of nitriles is 1. The Labute approximate surface area is 194 Å². The molecule has 1 aromatic heterocycles. The Balaban J connectivity index is 1.47. The second-order valence-electron chi connectivity index (χ2n) is 9.07. The van der Waals surface area contributed by atoms with E-state index in [9.17, 15) is 26.9 Å². The van der Waals surface area contributed by atoms with E-state index >= 15 is 0 Å². The number of rotatable bonds is 5. The third-order valence-electron chi connectivity index (χ3n) is 7.04. The number of piperidine rings is 1. The minimum absolute atomic E-state index is 0.0220. The van der Waals surface area contributed by atoms with Crippen molar-refractivity contribution in [2.75, 3.05) is 24.6 Å². The Kier molecular flexibility index (Phi) is 4.94. The summed E-state index contributed by atoms with van der Waals surface area (Å²) < 4.78 is 73.3. The third-order valence-corrected chi connectivity index (χ3v) is 8.31. The van der Waals surface area contributed by atoms with Crippen LogP contribution in [0.4, 0.5) is 18.9 Å². The van der Waals surface area contributed by atoms with Crippen molar-refractivity contribution in [3.63, 3.8) is 0 Å². The van der Waals surface area contributed by atoms with E-state index in [2.05, 4.69) is 11.1 Å². The predicted octanol–water partition coefficient (Wildman–Crippen LogP) is 4.58. The Morgan fingerprint density at radius 2 is 1.88 bits per heavy atom. The maximum Gasteiger partial charge on any atom is 0.396 e. The van der Waals surface area contributed by atoms with Gasteiger partial charge in [0.2, 0.25) is 0 Å². The third kappa shape index (κ3) is 3.34. The molecule has 0 spiro atoms. The fraction of sp³-hybridized carbons (Fsp3) is 0.333. The van der Waals surface area contributed by atoms with Gasteiger partial charge in [-0.2, -0.15) is 26.9 Å². The molecule has 2 unspecified atom stereocenters. The van der Waals surface area contributed by atoms with E-state index in [1.54, 1.807) is 48.2 Å². The molecule has 6 nitrogen and oxygen atoms in total. The number of aryl methyl sites for hydroxylation is 1. The molecular weight excluding hydrogens is 467 g/mol. The maximum atomic E-state index is 14.3. The number of aromatic nitrogens is 1. The highest BCUT2D eigenvalue weighted by molar-refractivity contribution is 7.86. The van der Waals surface area contributed by atoms with Crippen LogP contribution in [-0.4, -0.2) is 39.3 Å². The van der Waals surface area contributed by atoms with Gasteiger partial charge < -0.3 is 4.90 Å². The quantitative estimate of drug-likeness (QED) is 0.490. The van der Waals surface area contributed by atoms with Gasteiger partial charge in [0.1, 0.15) is 6.07 Å². The van der Waals surface area contributed by atoms with Gasteiger partial charge in [0, 0.05) is 35.8 Å². The van der Waals surface area contributed by atoms with E-state index in [0.29, 0.717) is 22.2 Å². The lowest BCUT2D eigenvalue weighted by atomic mass is 9.97. The monoisotopic (exact) mass is 487 g/mol. The molecule has 3 aromatic rings. The molecule has 176 valence electrons. The number of hydrogen-bond donors (Lipinski definition) is 0. The first-order valence-corrected chi connectivity index (χ1v) is 12.0. The normalized spacial score (nSPS) is 24.1. The summed E-state index contributed by atoms with van der Waals surface area (Å²) in [6, 6.07) is 14.6. The molecule has 2 heterocycles. The van der Waals surface area contributed by atoms with Crippen molar-refractivity contribution in [1.82, 2.24) is 4.98 Å². The van der Waals surface area contributed by atoms with Gasteiger partial charge >= 0.3 is 6.18 Å². The SMILES string of the molecule is Cc1ccc(S(=O)(=O)OCC23CN(c4ccc(C#N)c5ncccc45)CC2(C(F)(F)F)C3)cc1. The van der Waals surface area contributed by atoms with Crippen LogP contribution in [0.15, 0.2) is 59.6 Å². The summed E-state index contributed by atoms with van der Waals surface area (Å²) in [6.07, 6.45) is -3.20. The van der Waals surface area contributed by atoms with Crippen LogP contribution in [0.1, 0.15) is 17.5 Å². The molecule has 1 saturated carbocycles. The van der Waals surface area contributed by atoms with Gasteiger partial charge in [-0.3, -0.25) is 9.17 Å². The minimum atomic E-state index is -4.53. The second-order valence-corrected chi connectivity index (χ2v) is 10.7. The zero-order chi connectivity index (χ0) is 24.4. The van der Waals surface area contributed by atoms with Crippen LogP contribution in [0.2, 0.25) is 0 Å². The number of anilines is 1. The van der Waals surface area contributed by atoms with Crippen LogP contribution in [0.25, 0.3) is 10.9 Å². The van der Waals surface area contributed by atoms with Gasteiger partial charge in [-0.15, -0.1) is 0 Å². The van der Waals surface area contributed by atoms with E-state index in [1.165, 1.54) is 18.3 Å². The van der Waals surface area contributed by atoms with E-state index < -0.39 is 33.7 Å². The van der Waals surface area contributed by atoms with Crippen molar-refractivity contribution in [3.05, 3.63) is 65.9 Å². The molecule has 2 fully saturated rings. The average Bonchev–Trinajstić information content (AvgIpc) is 3.33. The zero-order valence-corrected chi connectivity index (χ0v) is 18.9. The van der Waals surface area contributed by atoms with Gasteiger partial charge in [-0.1, -0.05) is 17.7 Å². The number of nitrogens with zero attached hydrogens (tertiary/aromatic N) is 3. The number of alkyl halides is 3. The van der Waals surface area contributed by atoms with Crippen molar-refractivity contribution in [2.24, 2.45) is 10.8 Å². The van der Waals surface area contributed by atoms with E-state index in [-0.39, 0.29) is 24.4 Å². The summed E-state index contributed by atoms with van der Waals surface area (Å²) >= 11 is 0. The number of pyridine rings is 1. The van der Waals surface area contributed by atoms with E-state index in [0.717, 1.165) is 5.56 Å². The Bertz CT molecular complexity index is 1430. The van der Waals surface area contributed by atoms with Crippen LogP contribution in [-0.2, 0) is 14.3 Å². The molecule has 2 atom stereocenters. The fourth-order valence-corrected chi connectivity index (χ4v) is 6.08. The first kappa shape index (κ1) is 22.6. The lowest BCUT2D eigenvalue weighted by Crippen LogP contribution is -2.34. The number of benzene rings is 2. The average molecular weight is 488 g/mol. The number of fused-ring (bicyclic) bond motifs is 2. The molecule has 1 aliphatic carbocycles. The van der Waals surface area contributed by atoms with Crippen LogP contribution in [0.3, 0.4) is 0 Å². The lowest BCUT2D eigenvalue weighted by molar-refractivity contribution is -0.191. The van der Waals surface area contributed by atoms with Gasteiger partial charge in [-0.05, 0) is 49.7 Å². The first-order chi connectivity index (χ1) is 16.0. The molecule has 34 heavy (non-hydrogen) atoms. The van der Waals surface area contributed by atoms with Crippen molar-refractivity contribution >= 4 is 26.7 Å². The summed E-state index contributed by atoms with van der Waals surface area (Å²) in [7, 11) is -4.21. The summed E-state index contributed by atoms with van der Waals surface area (Å²) in [4.78, 5) is 5.74.